The van der Waals surface area contributed by atoms with E-state index in [1.165, 1.54) is 11.5 Å². The second-order valence-electron chi connectivity index (χ2n) is 3.74. The minimum Gasteiger partial charge on any atom is -0.248 e. The summed E-state index contributed by atoms with van der Waals surface area (Å²) in [5.74, 6) is 0. The van der Waals surface area contributed by atoms with E-state index in [9.17, 15) is 0 Å². The van der Waals surface area contributed by atoms with Gasteiger partial charge in [0.2, 0.25) is 0 Å². The maximum absolute atomic E-state index is 5.95. The Bertz CT molecular complexity index is 707. The number of nitrogens with zero attached hydrogens (tertiary/aromatic N) is 3. The fourth-order valence-corrected chi connectivity index (χ4v) is 2.20. The van der Waals surface area contributed by atoms with E-state index >= 15 is 0 Å². The van der Waals surface area contributed by atoms with Crippen LogP contribution in [0.4, 0.5) is 0 Å². The van der Waals surface area contributed by atoms with Crippen LogP contribution in [0.2, 0.25) is 5.02 Å². The largest absolute Gasteiger partial charge is 0.248 e. The molecule has 0 aliphatic heterocycles. The number of hydrogen-bond donors (Lipinski definition) is 0. The zero-order valence-corrected chi connectivity index (χ0v) is 10.8. The molecule has 0 saturated carbocycles. The van der Waals surface area contributed by atoms with Crippen molar-refractivity contribution >= 4 is 46.2 Å². The molecule has 3 aromatic rings. The lowest BCUT2D eigenvalue weighted by atomic mass is 10.2. The van der Waals surface area contributed by atoms with E-state index in [-0.39, 0.29) is 0 Å². The van der Waals surface area contributed by atoms with Crippen LogP contribution in [0.5, 0.6) is 0 Å². The Morgan fingerprint density at radius 1 is 1.06 bits per heavy atom. The smallest absolute Gasteiger partial charge is 0.0982 e. The van der Waals surface area contributed by atoms with Crippen molar-refractivity contribution in [3.8, 4) is 0 Å². The van der Waals surface area contributed by atoms with Crippen molar-refractivity contribution in [1.82, 2.24) is 14.6 Å². The number of halogens is 1. The lowest BCUT2D eigenvalue weighted by Crippen LogP contribution is -1.83. The van der Waals surface area contributed by atoms with Gasteiger partial charge in [-0.2, -0.15) is 0 Å². The number of hydrogen-bond acceptors (Lipinski definition) is 4. The molecule has 0 N–H and O–H groups in total. The molecule has 0 amide bonds. The predicted octanol–water partition coefficient (Wildman–Crippen LogP) is 3.91. The molecular formula is C13H8ClN3S. The van der Waals surface area contributed by atoms with Gasteiger partial charge in [0.05, 0.1) is 16.9 Å². The van der Waals surface area contributed by atoms with Crippen LogP contribution in [0, 0.1) is 0 Å². The van der Waals surface area contributed by atoms with E-state index in [1.807, 2.05) is 47.9 Å². The SMILES string of the molecule is Clc1ccc2ccc(C=Cc3csnn3)nc2c1. The van der Waals surface area contributed by atoms with Crippen molar-refractivity contribution in [2.24, 2.45) is 0 Å². The molecule has 0 radical (unpaired) electrons. The Morgan fingerprint density at radius 2 is 1.89 bits per heavy atom. The van der Waals surface area contributed by atoms with Crippen molar-refractivity contribution in [1.29, 1.82) is 0 Å². The van der Waals surface area contributed by atoms with Gasteiger partial charge in [-0.05, 0) is 41.9 Å². The molecule has 0 aliphatic rings. The maximum Gasteiger partial charge on any atom is 0.0982 e. The number of fused-ring (bicyclic) bond motifs is 1. The first-order valence-electron chi connectivity index (χ1n) is 5.33. The van der Waals surface area contributed by atoms with E-state index in [1.54, 1.807) is 0 Å². The first-order chi connectivity index (χ1) is 8.81. The molecule has 0 saturated heterocycles. The molecule has 2 aromatic heterocycles. The third kappa shape index (κ3) is 2.39. The van der Waals surface area contributed by atoms with Crippen LogP contribution < -0.4 is 0 Å². The molecule has 5 heteroatoms. The molecule has 0 spiro atoms. The van der Waals surface area contributed by atoms with E-state index in [0.29, 0.717) is 5.02 Å². The van der Waals surface area contributed by atoms with Gasteiger partial charge in [0.25, 0.3) is 0 Å². The number of benzene rings is 1. The van der Waals surface area contributed by atoms with Crippen molar-refractivity contribution < 1.29 is 0 Å². The van der Waals surface area contributed by atoms with Gasteiger partial charge in [-0.3, -0.25) is 0 Å². The van der Waals surface area contributed by atoms with Gasteiger partial charge in [-0.25, -0.2) is 4.98 Å². The summed E-state index contributed by atoms with van der Waals surface area (Å²) < 4.78 is 3.80. The summed E-state index contributed by atoms with van der Waals surface area (Å²) in [5.41, 5.74) is 2.60. The Morgan fingerprint density at radius 3 is 2.72 bits per heavy atom. The Kier molecular flexibility index (Phi) is 3.04. The normalized spacial score (nSPS) is 11.4. The first-order valence-corrected chi connectivity index (χ1v) is 6.54. The fraction of sp³-hybridized carbons (Fsp3) is 0. The van der Waals surface area contributed by atoms with Crippen LogP contribution in [0.1, 0.15) is 11.4 Å². The third-order valence-electron chi connectivity index (χ3n) is 2.48. The van der Waals surface area contributed by atoms with Gasteiger partial charge in [-0.15, -0.1) is 5.10 Å². The molecule has 0 bridgehead atoms. The summed E-state index contributed by atoms with van der Waals surface area (Å²) in [4.78, 5) is 4.52. The molecule has 88 valence electrons. The molecule has 2 heterocycles. The highest BCUT2D eigenvalue weighted by Gasteiger charge is 1.97. The summed E-state index contributed by atoms with van der Waals surface area (Å²) in [5, 5.41) is 7.59. The second-order valence-corrected chi connectivity index (χ2v) is 4.78. The fourth-order valence-electron chi connectivity index (χ4n) is 1.61. The second kappa shape index (κ2) is 4.84. The minimum absolute atomic E-state index is 0.694. The maximum atomic E-state index is 5.95. The zero-order valence-electron chi connectivity index (χ0n) is 9.25. The molecule has 0 aliphatic carbocycles. The monoisotopic (exact) mass is 273 g/mol. The zero-order chi connectivity index (χ0) is 12.4. The standard InChI is InChI=1S/C13H8ClN3S/c14-10-3-1-9-2-4-11(15-13(9)7-10)5-6-12-8-18-17-16-12/h1-8H. The quantitative estimate of drug-likeness (QED) is 0.710. The molecule has 0 fully saturated rings. The summed E-state index contributed by atoms with van der Waals surface area (Å²) in [6.45, 7) is 0. The van der Waals surface area contributed by atoms with Crippen LogP contribution in [-0.4, -0.2) is 14.6 Å². The third-order valence-corrected chi connectivity index (χ3v) is 3.24. The van der Waals surface area contributed by atoms with Gasteiger partial charge in [0.15, 0.2) is 0 Å². The van der Waals surface area contributed by atoms with E-state index in [4.69, 9.17) is 11.6 Å². The first kappa shape index (κ1) is 11.3. The van der Waals surface area contributed by atoms with E-state index in [0.717, 1.165) is 22.3 Å². The average molecular weight is 274 g/mol. The number of rotatable bonds is 2. The summed E-state index contributed by atoms with van der Waals surface area (Å²) in [6, 6.07) is 9.67. The lowest BCUT2D eigenvalue weighted by molar-refractivity contribution is 1.14. The highest BCUT2D eigenvalue weighted by Crippen LogP contribution is 2.18. The Labute approximate surface area is 113 Å². The van der Waals surface area contributed by atoms with Gasteiger partial charge in [0, 0.05) is 15.8 Å². The van der Waals surface area contributed by atoms with Gasteiger partial charge in [-0.1, -0.05) is 28.2 Å². The van der Waals surface area contributed by atoms with Crippen molar-refractivity contribution in [3.63, 3.8) is 0 Å². The molecule has 3 nitrogen and oxygen atoms in total. The highest BCUT2D eigenvalue weighted by atomic mass is 35.5. The molecule has 0 unspecified atom stereocenters. The summed E-state index contributed by atoms with van der Waals surface area (Å²) in [6.07, 6.45) is 3.80. The van der Waals surface area contributed by atoms with Crippen molar-refractivity contribution in [2.45, 2.75) is 0 Å². The summed E-state index contributed by atoms with van der Waals surface area (Å²) in [7, 11) is 0. The number of aromatic nitrogens is 3. The predicted molar refractivity (Wildman–Crippen MR) is 75.6 cm³/mol. The van der Waals surface area contributed by atoms with Crippen LogP contribution >= 0.6 is 23.1 Å². The topological polar surface area (TPSA) is 38.7 Å². The lowest BCUT2D eigenvalue weighted by Gasteiger charge is -1.99. The van der Waals surface area contributed by atoms with Gasteiger partial charge in [0.1, 0.15) is 0 Å². The van der Waals surface area contributed by atoms with E-state index in [2.05, 4.69) is 14.6 Å². The Hall–Kier alpha value is -1.78. The average Bonchev–Trinajstić information content (AvgIpc) is 2.89. The molecule has 1 aromatic carbocycles. The van der Waals surface area contributed by atoms with Crippen LogP contribution in [0.15, 0.2) is 35.7 Å². The molecule has 0 atom stereocenters. The van der Waals surface area contributed by atoms with Gasteiger partial charge >= 0.3 is 0 Å². The van der Waals surface area contributed by atoms with Crippen LogP contribution in [-0.2, 0) is 0 Å². The Balaban J connectivity index is 1.98. The van der Waals surface area contributed by atoms with Gasteiger partial charge < -0.3 is 0 Å². The van der Waals surface area contributed by atoms with Crippen LogP contribution in [0.25, 0.3) is 23.1 Å². The van der Waals surface area contributed by atoms with Crippen molar-refractivity contribution in [2.75, 3.05) is 0 Å². The minimum atomic E-state index is 0.694. The molecular weight excluding hydrogens is 266 g/mol. The molecule has 18 heavy (non-hydrogen) atoms. The van der Waals surface area contributed by atoms with E-state index < -0.39 is 0 Å². The number of pyridine rings is 1. The summed E-state index contributed by atoms with van der Waals surface area (Å²) >= 11 is 7.28. The van der Waals surface area contributed by atoms with Crippen molar-refractivity contribution in [3.05, 3.63) is 52.1 Å². The molecule has 3 rings (SSSR count). The van der Waals surface area contributed by atoms with Crippen LogP contribution in [0.3, 0.4) is 0 Å². The highest BCUT2D eigenvalue weighted by molar-refractivity contribution is 7.03.